The maximum absolute atomic E-state index is 13.0. The highest BCUT2D eigenvalue weighted by molar-refractivity contribution is 5.97. The van der Waals surface area contributed by atoms with Crippen molar-refractivity contribution in [1.29, 1.82) is 0 Å². The molecule has 0 saturated carbocycles. The standard InChI is InChI=1S/C13H17FO2/c1-3-16-8-4-5-13(15)12-9-11(14)7-6-10(12)2/h6-7,9H,3-5,8H2,1-2H3. The summed E-state index contributed by atoms with van der Waals surface area (Å²) in [5.41, 5.74) is 1.30. The summed E-state index contributed by atoms with van der Waals surface area (Å²) in [6.07, 6.45) is 1.09. The van der Waals surface area contributed by atoms with Crippen LogP contribution in [0.4, 0.5) is 4.39 Å². The Bertz CT molecular complexity index is 361. The van der Waals surface area contributed by atoms with E-state index in [0.29, 0.717) is 31.6 Å². The first-order chi connectivity index (χ1) is 7.65. The molecule has 0 bridgehead atoms. The van der Waals surface area contributed by atoms with Gasteiger partial charge in [0.05, 0.1) is 0 Å². The van der Waals surface area contributed by atoms with Crippen molar-refractivity contribution >= 4 is 5.78 Å². The first-order valence-electron chi connectivity index (χ1n) is 5.52. The van der Waals surface area contributed by atoms with Crippen LogP contribution >= 0.6 is 0 Å². The molecule has 1 rings (SSSR count). The van der Waals surface area contributed by atoms with Gasteiger partial charge in [-0.25, -0.2) is 4.39 Å². The Balaban J connectivity index is 2.55. The van der Waals surface area contributed by atoms with Crippen LogP contribution in [0.15, 0.2) is 18.2 Å². The summed E-state index contributed by atoms with van der Waals surface area (Å²) < 4.78 is 18.1. The van der Waals surface area contributed by atoms with E-state index in [9.17, 15) is 9.18 Å². The zero-order valence-corrected chi connectivity index (χ0v) is 9.75. The highest BCUT2D eigenvalue weighted by atomic mass is 19.1. The number of carbonyl (C=O) groups excluding carboxylic acids is 1. The van der Waals surface area contributed by atoms with Crippen molar-refractivity contribution in [2.75, 3.05) is 13.2 Å². The number of carbonyl (C=O) groups is 1. The lowest BCUT2D eigenvalue weighted by molar-refractivity contribution is 0.0946. The summed E-state index contributed by atoms with van der Waals surface area (Å²) >= 11 is 0. The van der Waals surface area contributed by atoms with Crippen molar-refractivity contribution in [2.45, 2.75) is 26.7 Å². The lowest BCUT2D eigenvalue weighted by Crippen LogP contribution is -2.04. The number of hydrogen-bond acceptors (Lipinski definition) is 2. The fourth-order valence-corrected chi connectivity index (χ4v) is 1.51. The fourth-order valence-electron chi connectivity index (χ4n) is 1.51. The molecule has 0 spiro atoms. The molecule has 0 atom stereocenters. The van der Waals surface area contributed by atoms with Gasteiger partial charge >= 0.3 is 0 Å². The van der Waals surface area contributed by atoms with Crippen molar-refractivity contribution in [3.05, 3.63) is 35.1 Å². The van der Waals surface area contributed by atoms with Gasteiger partial charge < -0.3 is 4.74 Å². The summed E-state index contributed by atoms with van der Waals surface area (Å²) in [6, 6.07) is 4.30. The van der Waals surface area contributed by atoms with Crippen molar-refractivity contribution in [2.24, 2.45) is 0 Å². The van der Waals surface area contributed by atoms with Gasteiger partial charge in [-0.3, -0.25) is 4.79 Å². The van der Waals surface area contributed by atoms with E-state index in [2.05, 4.69) is 0 Å². The Labute approximate surface area is 95.4 Å². The second-order valence-electron chi connectivity index (χ2n) is 3.68. The summed E-state index contributed by atoms with van der Waals surface area (Å²) in [5.74, 6) is -0.379. The molecule has 2 nitrogen and oxygen atoms in total. The highest BCUT2D eigenvalue weighted by Gasteiger charge is 2.09. The summed E-state index contributed by atoms with van der Waals surface area (Å²) in [5, 5.41) is 0. The largest absolute Gasteiger partial charge is 0.382 e. The van der Waals surface area contributed by atoms with E-state index >= 15 is 0 Å². The van der Waals surface area contributed by atoms with E-state index in [1.165, 1.54) is 12.1 Å². The van der Waals surface area contributed by atoms with Gasteiger partial charge in [-0.15, -0.1) is 0 Å². The quantitative estimate of drug-likeness (QED) is 0.548. The topological polar surface area (TPSA) is 26.3 Å². The first-order valence-corrected chi connectivity index (χ1v) is 5.52. The molecule has 1 aromatic carbocycles. The number of aryl methyl sites for hydroxylation is 1. The SMILES string of the molecule is CCOCCCC(=O)c1cc(F)ccc1C. The fraction of sp³-hybridized carbons (Fsp3) is 0.462. The minimum absolute atomic E-state index is 0.0169. The Morgan fingerprint density at radius 1 is 1.44 bits per heavy atom. The molecular formula is C13H17FO2. The smallest absolute Gasteiger partial charge is 0.163 e. The molecule has 0 aliphatic rings. The molecule has 0 amide bonds. The van der Waals surface area contributed by atoms with E-state index in [1.54, 1.807) is 6.07 Å². The van der Waals surface area contributed by atoms with E-state index in [-0.39, 0.29) is 11.6 Å². The average Bonchev–Trinajstić information content (AvgIpc) is 2.27. The molecule has 88 valence electrons. The molecule has 0 aliphatic carbocycles. The number of ketones is 1. The molecule has 0 saturated heterocycles. The Hall–Kier alpha value is -1.22. The molecule has 0 unspecified atom stereocenters. The number of rotatable bonds is 6. The average molecular weight is 224 g/mol. The molecule has 0 aliphatic heterocycles. The Morgan fingerprint density at radius 2 is 2.19 bits per heavy atom. The number of ether oxygens (including phenoxy) is 1. The minimum Gasteiger partial charge on any atom is -0.382 e. The Morgan fingerprint density at radius 3 is 2.88 bits per heavy atom. The second-order valence-corrected chi connectivity index (χ2v) is 3.68. The minimum atomic E-state index is -0.362. The first kappa shape index (κ1) is 12.8. The van der Waals surface area contributed by atoms with Gasteiger partial charge in [0.2, 0.25) is 0 Å². The van der Waals surface area contributed by atoms with Crippen LogP contribution < -0.4 is 0 Å². The van der Waals surface area contributed by atoms with Gasteiger partial charge in [0.15, 0.2) is 5.78 Å². The summed E-state index contributed by atoms with van der Waals surface area (Å²) in [7, 11) is 0. The molecule has 0 heterocycles. The third-order valence-corrected chi connectivity index (χ3v) is 2.40. The lowest BCUT2D eigenvalue weighted by atomic mass is 10.0. The van der Waals surface area contributed by atoms with E-state index in [1.807, 2.05) is 13.8 Å². The van der Waals surface area contributed by atoms with Crippen LogP contribution in [-0.4, -0.2) is 19.0 Å². The van der Waals surface area contributed by atoms with Crippen LogP contribution in [0.2, 0.25) is 0 Å². The summed E-state index contributed by atoms with van der Waals surface area (Å²) in [4.78, 5) is 11.8. The number of Topliss-reactive ketones (excluding diaryl/α,β-unsaturated/α-hetero) is 1. The van der Waals surface area contributed by atoms with Gasteiger partial charge in [0, 0.05) is 25.2 Å². The van der Waals surface area contributed by atoms with Gasteiger partial charge in [0.25, 0.3) is 0 Å². The normalized spacial score (nSPS) is 10.4. The maximum atomic E-state index is 13.0. The molecule has 0 aromatic heterocycles. The van der Waals surface area contributed by atoms with Crippen molar-refractivity contribution in [3.8, 4) is 0 Å². The molecule has 0 radical (unpaired) electrons. The van der Waals surface area contributed by atoms with Crippen molar-refractivity contribution in [1.82, 2.24) is 0 Å². The Kier molecular flexibility index (Phi) is 5.12. The van der Waals surface area contributed by atoms with E-state index in [0.717, 1.165) is 5.56 Å². The van der Waals surface area contributed by atoms with Gasteiger partial charge in [0.1, 0.15) is 5.82 Å². The van der Waals surface area contributed by atoms with Crippen molar-refractivity contribution < 1.29 is 13.9 Å². The van der Waals surface area contributed by atoms with Crippen LogP contribution in [0.25, 0.3) is 0 Å². The van der Waals surface area contributed by atoms with Crippen LogP contribution in [0.3, 0.4) is 0 Å². The molecule has 16 heavy (non-hydrogen) atoms. The molecule has 0 N–H and O–H groups in total. The van der Waals surface area contributed by atoms with Crippen molar-refractivity contribution in [3.63, 3.8) is 0 Å². The maximum Gasteiger partial charge on any atom is 0.163 e. The number of benzene rings is 1. The van der Waals surface area contributed by atoms with Gasteiger partial charge in [-0.2, -0.15) is 0 Å². The predicted octanol–water partition coefficient (Wildman–Crippen LogP) is 3.13. The van der Waals surface area contributed by atoms with E-state index in [4.69, 9.17) is 4.74 Å². The predicted molar refractivity (Wildman–Crippen MR) is 61.2 cm³/mol. The van der Waals surface area contributed by atoms with Crippen LogP contribution in [0, 0.1) is 12.7 Å². The van der Waals surface area contributed by atoms with Crippen LogP contribution in [0.5, 0.6) is 0 Å². The third-order valence-electron chi connectivity index (χ3n) is 2.40. The molecule has 0 fully saturated rings. The van der Waals surface area contributed by atoms with Crippen LogP contribution in [-0.2, 0) is 4.74 Å². The lowest BCUT2D eigenvalue weighted by Gasteiger charge is -2.05. The zero-order valence-electron chi connectivity index (χ0n) is 9.75. The number of halogens is 1. The summed E-state index contributed by atoms with van der Waals surface area (Å²) in [6.45, 7) is 4.97. The monoisotopic (exact) mass is 224 g/mol. The molecular weight excluding hydrogens is 207 g/mol. The third kappa shape index (κ3) is 3.74. The molecule has 3 heteroatoms. The van der Waals surface area contributed by atoms with E-state index < -0.39 is 0 Å². The highest BCUT2D eigenvalue weighted by Crippen LogP contribution is 2.13. The number of hydrogen-bond donors (Lipinski definition) is 0. The second kappa shape index (κ2) is 6.38. The zero-order chi connectivity index (χ0) is 12.0. The molecule has 1 aromatic rings. The van der Waals surface area contributed by atoms with Gasteiger partial charge in [-0.1, -0.05) is 6.07 Å². The van der Waals surface area contributed by atoms with Gasteiger partial charge in [-0.05, 0) is 38.0 Å². The van der Waals surface area contributed by atoms with Crippen LogP contribution in [0.1, 0.15) is 35.7 Å².